The maximum absolute atomic E-state index is 12.9. The number of aromatic nitrogens is 2. The zero-order chi connectivity index (χ0) is 20.1. The van der Waals surface area contributed by atoms with Gasteiger partial charge in [0, 0.05) is 24.2 Å². The maximum Gasteiger partial charge on any atom is 0.286 e. The fraction of sp³-hybridized carbons (Fsp3) is 0.200. The van der Waals surface area contributed by atoms with Crippen LogP contribution < -0.4 is 10.6 Å². The van der Waals surface area contributed by atoms with Gasteiger partial charge in [-0.25, -0.2) is 4.39 Å². The summed E-state index contributed by atoms with van der Waals surface area (Å²) >= 11 is 1.13. The number of benzene rings is 2. The molecule has 144 valence electrons. The number of amides is 2. The van der Waals surface area contributed by atoms with Crippen LogP contribution >= 0.6 is 11.3 Å². The molecule has 6 nitrogen and oxygen atoms in total. The zero-order valence-corrected chi connectivity index (χ0v) is 16.3. The van der Waals surface area contributed by atoms with E-state index in [0.29, 0.717) is 17.1 Å². The fourth-order valence-electron chi connectivity index (χ4n) is 2.43. The van der Waals surface area contributed by atoms with Gasteiger partial charge in [0.25, 0.3) is 5.91 Å². The number of nitrogens with zero attached hydrogens (tertiary/aromatic N) is 2. The molecule has 0 bridgehead atoms. The highest BCUT2D eigenvalue weighted by Crippen LogP contribution is 2.17. The van der Waals surface area contributed by atoms with Crippen molar-refractivity contribution in [1.82, 2.24) is 10.2 Å². The summed E-state index contributed by atoms with van der Waals surface area (Å²) in [5.74, 6) is -0.930. The number of nitrogens with one attached hydrogen (secondary N) is 2. The topological polar surface area (TPSA) is 84.0 Å². The standard InChI is InChI=1S/C20H19FN4O2S/c1-12-3-6-16(11-13(12)2)22-17(26)9-10-18-24-25-20(28-18)19(27)23-15-7-4-14(21)5-8-15/h3-8,11H,9-10H2,1-2H3,(H,22,26)(H,23,27). The molecule has 0 atom stereocenters. The van der Waals surface area contributed by atoms with Crippen LogP contribution in [0.15, 0.2) is 42.5 Å². The van der Waals surface area contributed by atoms with E-state index in [1.165, 1.54) is 29.8 Å². The third-order valence-electron chi connectivity index (χ3n) is 4.12. The van der Waals surface area contributed by atoms with Crippen molar-refractivity contribution in [2.75, 3.05) is 10.6 Å². The number of rotatable bonds is 6. The van der Waals surface area contributed by atoms with E-state index in [4.69, 9.17) is 0 Å². The normalized spacial score (nSPS) is 10.5. The third kappa shape index (κ3) is 5.20. The number of hydrogen-bond donors (Lipinski definition) is 2. The lowest BCUT2D eigenvalue weighted by Gasteiger charge is -2.07. The van der Waals surface area contributed by atoms with Gasteiger partial charge in [-0.05, 0) is 61.4 Å². The molecule has 3 aromatic rings. The molecule has 2 aromatic carbocycles. The Morgan fingerprint density at radius 1 is 0.964 bits per heavy atom. The van der Waals surface area contributed by atoms with Crippen LogP contribution in [0.4, 0.5) is 15.8 Å². The van der Waals surface area contributed by atoms with Gasteiger partial charge in [0.2, 0.25) is 10.9 Å². The van der Waals surface area contributed by atoms with Gasteiger partial charge in [-0.15, -0.1) is 10.2 Å². The maximum atomic E-state index is 12.9. The Kier molecular flexibility index (Phi) is 6.10. The quantitative estimate of drug-likeness (QED) is 0.654. The van der Waals surface area contributed by atoms with Crippen molar-refractivity contribution in [3.8, 4) is 0 Å². The van der Waals surface area contributed by atoms with Crippen molar-refractivity contribution >= 4 is 34.5 Å². The van der Waals surface area contributed by atoms with E-state index in [9.17, 15) is 14.0 Å². The van der Waals surface area contributed by atoms with Crippen LogP contribution in [0.25, 0.3) is 0 Å². The van der Waals surface area contributed by atoms with Gasteiger partial charge < -0.3 is 10.6 Å². The summed E-state index contributed by atoms with van der Waals surface area (Å²) < 4.78 is 12.9. The Balaban J connectivity index is 1.52. The van der Waals surface area contributed by atoms with Crippen molar-refractivity contribution in [3.63, 3.8) is 0 Å². The molecule has 0 aliphatic rings. The van der Waals surface area contributed by atoms with E-state index >= 15 is 0 Å². The number of anilines is 2. The van der Waals surface area contributed by atoms with E-state index in [0.717, 1.165) is 22.6 Å². The van der Waals surface area contributed by atoms with Crippen molar-refractivity contribution in [2.45, 2.75) is 26.7 Å². The van der Waals surface area contributed by atoms with Gasteiger partial charge in [0.1, 0.15) is 10.8 Å². The Hall–Kier alpha value is -3.13. The summed E-state index contributed by atoms with van der Waals surface area (Å²) in [6, 6.07) is 11.2. The molecule has 1 heterocycles. The number of halogens is 1. The lowest BCUT2D eigenvalue weighted by Crippen LogP contribution is -2.12. The second-order valence-corrected chi connectivity index (χ2v) is 7.37. The van der Waals surface area contributed by atoms with Crippen LogP contribution in [0.3, 0.4) is 0 Å². The molecular weight excluding hydrogens is 379 g/mol. The zero-order valence-electron chi connectivity index (χ0n) is 15.5. The van der Waals surface area contributed by atoms with Crippen molar-refractivity contribution in [3.05, 3.63) is 69.4 Å². The molecule has 8 heteroatoms. The summed E-state index contributed by atoms with van der Waals surface area (Å²) in [5.41, 5.74) is 3.50. The van der Waals surface area contributed by atoms with E-state index < -0.39 is 5.91 Å². The lowest BCUT2D eigenvalue weighted by molar-refractivity contribution is -0.116. The van der Waals surface area contributed by atoms with Gasteiger partial charge in [0.05, 0.1) is 0 Å². The predicted molar refractivity (Wildman–Crippen MR) is 107 cm³/mol. The van der Waals surface area contributed by atoms with Crippen LogP contribution in [0.5, 0.6) is 0 Å². The molecular formula is C20H19FN4O2S. The van der Waals surface area contributed by atoms with Crippen LogP contribution in [-0.2, 0) is 11.2 Å². The largest absolute Gasteiger partial charge is 0.326 e. The van der Waals surface area contributed by atoms with E-state index in [-0.39, 0.29) is 23.2 Å². The summed E-state index contributed by atoms with van der Waals surface area (Å²) in [4.78, 5) is 24.3. The fourth-order valence-corrected chi connectivity index (χ4v) is 3.16. The minimum Gasteiger partial charge on any atom is -0.326 e. The van der Waals surface area contributed by atoms with E-state index in [1.54, 1.807) is 0 Å². The van der Waals surface area contributed by atoms with E-state index in [1.807, 2.05) is 32.0 Å². The smallest absolute Gasteiger partial charge is 0.286 e. The van der Waals surface area contributed by atoms with Crippen molar-refractivity contribution < 1.29 is 14.0 Å². The average Bonchev–Trinajstić information content (AvgIpc) is 3.14. The summed E-state index contributed by atoms with van der Waals surface area (Å²) in [5, 5.41) is 14.1. The molecule has 0 saturated heterocycles. The number of hydrogen-bond acceptors (Lipinski definition) is 5. The first-order valence-electron chi connectivity index (χ1n) is 8.67. The van der Waals surface area contributed by atoms with Gasteiger partial charge in [-0.1, -0.05) is 17.4 Å². The molecule has 0 aliphatic heterocycles. The molecule has 3 rings (SSSR count). The number of carbonyl (C=O) groups excluding carboxylic acids is 2. The second kappa shape index (κ2) is 8.71. The summed E-state index contributed by atoms with van der Waals surface area (Å²) in [7, 11) is 0. The van der Waals surface area contributed by atoms with Crippen LogP contribution in [-0.4, -0.2) is 22.0 Å². The monoisotopic (exact) mass is 398 g/mol. The first-order valence-corrected chi connectivity index (χ1v) is 9.49. The Morgan fingerprint density at radius 2 is 1.68 bits per heavy atom. The Labute approximate surface area is 165 Å². The molecule has 0 aliphatic carbocycles. The van der Waals surface area contributed by atoms with Gasteiger partial charge >= 0.3 is 0 Å². The highest BCUT2D eigenvalue weighted by atomic mass is 32.1. The van der Waals surface area contributed by atoms with Crippen LogP contribution in [0, 0.1) is 19.7 Å². The minimum absolute atomic E-state index is 0.129. The van der Waals surface area contributed by atoms with Crippen molar-refractivity contribution in [2.24, 2.45) is 0 Å². The summed E-state index contributed by atoms with van der Waals surface area (Å²) in [6.07, 6.45) is 0.624. The molecule has 0 fully saturated rings. The van der Waals surface area contributed by atoms with Gasteiger partial charge in [0.15, 0.2) is 0 Å². The SMILES string of the molecule is Cc1ccc(NC(=O)CCc2nnc(C(=O)Nc3ccc(F)cc3)s2)cc1C. The number of carbonyl (C=O) groups is 2. The molecule has 1 aromatic heterocycles. The molecule has 0 saturated carbocycles. The van der Waals surface area contributed by atoms with Gasteiger partial charge in [-0.2, -0.15) is 0 Å². The second-order valence-electron chi connectivity index (χ2n) is 6.31. The molecule has 28 heavy (non-hydrogen) atoms. The van der Waals surface area contributed by atoms with Gasteiger partial charge in [-0.3, -0.25) is 9.59 Å². The molecule has 2 N–H and O–H groups in total. The van der Waals surface area contributed by atoms with Crippen LogP contribution in [0.1, 0.15) is 32.4 Å². The third-order valence-corrected chi connectivity index (χ3v) is 5.10. The number of aryl methyl sites for hydroxylation is 3. The highest BCUT2D eigenvalue weighted by Gasteiger charge is 2.14. The lowest BCUT2D eigenvalue weighted by atomic mass is 10.1. The highest BCUT2D eigenvalue weighted by molar-refractivity contribution is 7.13. The van der Waals surface area contributed by atoms with E-state index in [2.05, 4.69) is 20.8 Å². The molecule has 0 unspecified atom stereocenters. The first kappa shape index (κ1) is 19.6. The minimum atomic E-state index is -0.421. The Morgan fingerprint density at radius 3 is 2.39 bits per heavy atom. The summed E-state index contributed by atoms with van der Waals surface area (Å²) in [6.45, 7) is 4.00. The average molecular weight is 398 g/mol. The first-order chi connectivity index (χ1) is 13.4. The Bertz CT molecular complexity index is 1000. The van der Waals surface area contributed by atoms with Crippen molar-refractivity contribution in [1.29, 1.82) is 0 Å². The molecule has 0 radical (unpaired) electrons. The van der Waals surface area contributed by atoms with Crippen LogP contribution in [0.2, 0.25) is 0 Å². The molecule has 0 spiro atoms. The molecule has 2 amide bonds. The predicted octanol–water partition coefficient (Wildman–Crippen LogP) is 4.12.